The molecule has 0 atom stereocenters. The topological polar surface area (TPSA) is 69.0 Å². The number of carbonyl (C=O) groups is 1. The van der Waals surface area contributed by atoms with E-state index in [9.17, 15) is 4.79 Å². The highest BCUT2D eigenvalue weighted by molar-refractivity contribution is 6.04. The normalized spacial score (nSPS) is 10.4. The van der Waals surface area contributed by atoms with Crippen LogP contribution in [0.5, 0.6) is 0 Å². The molecule has 5 nitrogen and oxygen atoms in total. The summed E-state index contributed by atoms with van der Waals surface area (Å²) in [5.41, 5.74) is 2.88. The van der Waals surface area contributed by atoms with Gasteiger partial charge in [-0.05, 0) is 55.8 Å². The van der Waals surface area contributed by atoms with Crippen molar-refractivity contribution in [2.24, 2.45) is 0 Å². The first-order chi connectivity index (χ1) is 13.6. The van der Waals surface area contributed by atoms with Crippen molar-refractivity contribution in [3.63, 3.8) is 0 Å². The maximum Gasteiger partial charge on any atom is 0.257 e. The molecule has 0 aliphatic rings. The molecule has 0 radical (unpaired) electrons. The lowest BCUT2D eigenvalue weighted by Crippen LogP contribution is -2.31. The standard InChI is InChI=1S/C23H22N4O/c1-17(2)27(16-19-6-4-3-5-7-19)22-13-10-20(15-25-22)23(28)26-21-11-8-18(14-24)9-12-21/h3-13,15,17H,16H2,1-2H3,(H,26,28). The van der Waals surface area contributed by atoms with Gasteiger partial charge in [0, 0.05) is 24.5 Å². The monoisotopic (exact) mass is 370 g/mol. The third kappa shape index (κ3) is 4.74. The van der Waals surface area contributed by atoms with Crippen LogP contribution in [0.1, 0.15) is 35.3 Å². The maximum atomic E-state index is 12.4. The Morgan fingerprint density at radius 1 is 1.07 bits per heavy atom. The van der Waals surface area contributed by atoms with Crippen molar-refractivity contribution in [3.05, 3.63) is 89.6 Å². The molecule has 0 fully saturated rings. The Balaban J connectivity index is 1.71. The van der Waals surface area contributed by atoms with Crippen LogP contribution in [0.15, 0.2) is 72.9 Å². The molecule has 0 unspecified atom stereocenters. The molecule has 0 saturated heterocycles. The van der Waals surface area contributed by atoms with Gasteiger partial charge in [0.1, 0.15) is 5.82 Å². The first-order valence-electron chi connectivity index (χ1n) is 9.15. The van der Waals surface area contributed by atoms with E-state index in [0.29, 0.717) is 16.8 Å². The van der Waals surface area contributed by atoms with Gasteiger partial charge in [-0.2, -0.15) is 5.26 Å². The van der Waals surface area contributed by atoms with Crippen LogP contribution in [0.4, 0.5) is 11.5 Å². The van der Waals surface area contributed by atoms with Crippen molar-refractivity contribution in [2.45, 2.75) is 26.4 Å². The predicted molar refractivity (Wildman–Crippen MR) is 111 cm³/mol. The Kier molecular flexibility index (Phi) is 6.03. The number of pyridine rings is 1. The minimum absolute atomic E-state index is 0.233. The molecule has 28 heavy (non-hydrogen) atoms. The molecule has 3 aromatic rings. The summed E-state index contributed by atoms with van der Waals surface area (Å²) in [6.07, 6.45) is 1.59. The number of anilines is 2. The summed E-state index contributed by atoms with van der Waals surface area (Å²) >= 11 is 0. The maximum absolute atomic E-state index is 12.4. The summed E-state index contributed by atoms with van der Waals surface area (Å²) < 4.78 is 0. The molecule has 1 aromatic heterocycles. The Hall–Kier alpha value is -3.65. The average molecular weight is 370 g/mol. The molecule has 0 aliphatic heterocycles. The molecular formula is C23H22N4O. The van der Waals surface area contributed by atoms with Gasteiger partial charge in [-0.15, -0.1) is 0 Å². The average Bonchev–Trinajstić information content (AvgIpc) is 2.73. The second kappa shape index (κ2) is 8.83. The van der Waals surface area contributed by atoms with Crippen molar-refractivity contribution in [2.75, 3.05) is 10.2 Å². The van der Waals surface area contributed by atoms with E-state index >= 15 is 0 Å². The van der Waals surface area contributed by atoms with Crippen LogP contribution < -0.4 is 10.2 Å². The van der Waals surface area contributed by atoms with Gasteiger partial charge in [-0.1, -0.05) is 30.3 Å². The minimum atomic E-state index is -0.233. The van der Waals surface area contributed by atoms with E-state index in [1.54, 1.807) is 36.5 Å². The van der Waals surface area contributed by atoms with Crippen molar-refractivity contribution >= 4 is 17.4 Å². The number of rotatable bonds is 6. The van der Waals surface area contributed by atoms with Gasteiger partial charge in [0.2, 0.25) is 0 Å². The lowest BCUT2D eigenvalue weighted by Gasteiger charge is -2.28. The van der Waals surface area contributed by atoms with Gasteiger partial charge >= 0.3 is 0 Å². The summed E-state index contributed by atoms with van der Waals surface area (Å²) in [7, 11) is 0. The summed E-state index contributed by atoms with van der Waals surface area (Å²) in [6, 6.07) is 23.0. The van der Waals surface area contributed by atoms with Gasteiger partial charge < -0.3 is 10.2 Å². The van der Waals surface area contributed by atoms with Gasteiger partial charge in [0.15, 0.2) is 0 Å². The van der Waals surface area contributed by atoms with Gasteiger partial charge in [0.25, 0.3) is 5.91 Å². The number of amides is 1. The zero-order valence-corrected chi connectivity index (χ0v) is 16.0. The van der Waals surface area contributed by atoms with Crippen LogP contribution in [0.2, 0.25) is 0 Å². The molecule has 0 saturated carbocycles. The minimum Gasteiger partial charge on any atom is -0.350 e. The number of nitrogens with zero attached hydrogens (tertiary/aromatic N) is 3. The second-order valence-electron chi connectivity index (χ2n) is 6.76. The Labute approximate surface area is 165 Å². The lowest BCUT2D eigenvalue weighted by atomic mass is 10.1. The van der Waals surface area contributed by atoms with Crippen molar-refractivity contribution < 1.29 is 4.79 Å². The molecule has 0 aliphatic carbocycles. The van der Waals surface area contributed by atoms with E-state index in [1.165, 1.54) is 5.56 Å². The Morgan fingerprint density at radius 2 is 1.79 bits per heavy atom. The van der Waals surface area contributed by atoms with E-state index < -0.39 is 0 Å². The Bertz CT molecular complexity index is 958. The highest BCUT2D eigenvalue weighted by Gasteiger charge is 2.14. The van der Waals surface area contributed by atoms with E-state index in [-0.39, 0.29) is 11.9 Å². The number of benzene rings is 2. The third-order valence-corrected chi connectivity index (χ3v) is 4.40. The van der Waals surface area contributed by atoms with Crippen LogP contribution in [-0.2, 0) is 6.54 Å². The predicted octanol–water partition coefficient (Wildman–Crippen LogP) is 4.62. The number of hydrogen-bond acceptors (Lipinski definition) is 4. The molecule has 0 bridgehead atoms. The summed E-state index contributed by atoms with van der Waals surface area (Å²) in [6.45, 7) is 4.99. The van der Waals surface area contributed by atoms with E-state index in [1.807, 2.05) is 24.3 Å². The second-order valence-corrected chi connectivity index (χ2v) is 6.76. The number of nitrogens with one attached hydrogen (secondary N) is 1. The fourth-order valence-corrected chi connectivity index (χ4v) is 2.83. The molecule has 0 spiro atoms. The number of hydrogen-bond donors (Lipinski definition) is 1. The fraction of sp³-hybridized carbons (Fsp3) is 0.174. The molecule has 1 N–H and O–H groups in total. The Morgan fingerprint density at radius 3 is 2.36 bits per heavy atom. The van der Waals surface area contributed by atoms with Crippen LogP contribution in [0.25, 0.3) is 0 Å². The van der Waals surface area contributed by atoms with Gasteiger partial charge in [-0.25, -0.2) is 4.98 Å². The van der Waals surface area contributed by atoms with Crippen LogP contribution in [0, 0.1) is 11.3 Å². The van der Waals surface area contributed by atoms with Crippen molar-refractivity contribution in [1.82, 2.24) is 4.98 Å². The zero-order chi connectivity index (χ0) is 19.9. The van der Waals surface area contributed by atoms with E-state index in [4.69, 9.17) is 5.26 Å². The highest BCUT2D eigenvalue weighted by atomic mass is 16.1. The molecular weight excluding hydrogens is 348 g/mol. The van der Waals surface area contributed by atoms with E-state index in [2.05, 4.69) is 47.3 Å². The van der Waals surface area contributed by atoms with Crippen molar-refractivity contribution in [3.8, 4) is 6.07 Å². The lowest BCUT2D eigenvalue weighted by molar-refractivity contribution is 0.102. The van der Waals surface area contributed by atoms with E-state index in [0.717, 1.165) is 12.4 Å². The summed E-state index contributed by atoms with van der Waals surface area (Å²) in [4.78, 5) is 19.1. The number of aromatic nitrogens is 1. The van der Waals surface area contributed by atoms with Crippen molar-refractivity contribution in [1.29, 1.82) is 5.26 Å². The summed E-state index contributed by atoms with van der Waals surface area (Å²) in [5, 5.41) is 11.7. The molecule has 1 amide bonds. The van der Waals surface area contributed by atoms with Gasteiger partial charge in [-0.3, -0.25) is 4.79 Å². The first-order valence-corrected chi connectivity index (χ1v) is 9.15. The molecule has 1 heterocycles. The SMILES string of the molecule is CC(C)N(Cc1ccccc1)c1ccc(C(=O)Nc2ccc(C#N)cc2)cn1. The van der Waals surface area contributed by atoms with Crippen LogP contribution >= 0.6 is 0 Å². The zero-order valence-electron chi connectivity index (χ0n) is 16.0. The molecule has 3 rings (SSSR count). The largest absolute Gasteiger partial charge is 0.350 e. The van der Waals surface area contributed by atoms with Crippen LogP contribution in [0.3, 0.4) is 0 Å². The summed E-state index contributed by atoms with van der Waals surface area (Å²) in [5.74, 6) is 0.594. The number of carbonyl (C=O) groups excluding carboxylic acids is 1. The number of nitriles is 1. The smallest absolute Gasteiger partial charge is 0.257 e. The fourth-order valence-electron chi connectivity index (χ4n) is 2.83. The molecule has 5 heteroatoms. The third-order valence-electron chi connectivity index (χ3n) is 4.40. The van der Waals surface area contributed by atoms with Gasteiger partial charge in [0.05, 0.1) is 17.2 Å². The molecule has 140 valence electrons. The quantitative estimate of drug-likeness (QED) is 0.687. The van der Waals surface area contributed by atoms with Crippen LogP contribution in [-0.4, -0.2) is 16.9 Å². The molecule has 2 aromatic carbocycles. The first kappa shape index (κ1) is 19.1. The highest BCUT2D eigenvalue weighted by Crippen LogP contribution is 2.19.